The van der Waals surface area contributed by atoms with Gasteiger partial charge in [0.25, 0.3) is 0 Å². The molecular weight excluding hydrogens is 420 g/mol. The van der Waals surface area contributed by atoms with E-state index in [9.17, 15) is 9.59 Å². The molecular formula is C25H30N4O4. The average molecular weight is 451 g/mol. The van der Waals surface area contributed by atoms with Crippen LogP contribution in [0.2, 0.25) is 0 Å². The first-order valence-corrected chi connectivity index (χ1v) is 11.3. The van der Waals surface area contributed by atoms with Gasteiger partial charge in [-0.3, -0.25) is 14.9 Å². The zero-order valence-electron chi connectivity index (χ0n) is 19.3. The van der Waals surface area contributed by atoms with Gasteiger partial charge in [-0.1, -0.05) is 35.9 Å². The third kappa shape index (κ3) is 4.94. The SMILES string of the molecule is CCOC(=O)[C@@H]1C(=O)NC(N2CCN(c3cccc(OC)c3)CC2)=N[C@H]1c1cccc(C)c1. The molecule has 2 aliphatic rings. The van der Waals surface area contributed by atoms with E-state index in [1.165, 1.54) is 0 Å². The summed E-state index contributed by atoms with van der Waals surface area (Å²) in [6.45, 7) is 6.87. The second-order valence-corrected chi connectivity index (χ2v) is 8.21. The van der Waals surface area contributed by atoms with Crippen LogP contribution >= 0.6 is 0 Å². The van der Waals surface area contributed by atoms with E-state index in [2.05, 4.69) is 21.2 Å². The van der Waals surface area contributed by atoms with Crippen molar-refractivity contribution in [2.75, 3.05) is 44.8 Å². The molecule has 33 heavy (non-hydrogen) atoms. The highest BCUT2D eigenvalue weighted by Gasteiger charge is 2.42. The Balaban J connectivity index is 1.55. The fourth-order valence-corrected chi connectivity index (χ4v) is 4.30. The lowest BCUT2D eigenvalue weighted by atomic mass is 9.90. The fourth-order valence-electron chi connectivity index (χ4n) is 4.30. The monoisotopic (exact) mass is 450 g/mol. The normalized spacial score (nSPS) is 20.7. The van der Waals surface area contributed by atoms with E-state index in [0.717, 1.165) is 35.7 Å². The van der Waals surface area contributed by atoms with Crippen LogP contribution in [0, 0.1) is 12.8 Å². The molecule has 4 rings (SSSR count). The van der Waals surface area contributed by atoms with Crippen molar-refractivity contribution in [3.8, 4) is 5.75 Å². The molecule has 1 fully saturated rings. The van der Waals surface area contributed by atoms with Crippen molar-refractivity contribution in [3.63, 3.8) is 0 Å². The van der Waals surface area contributed by atoms with E-state index < -0.39 is 17.9 Å². The van der Waals surface area contributed by atoms with E-state index in [1.807, 2.05) is 49.4 Å². The number of carbonyl (C=O) groups excluding carboxylic acids is 2. The fraction of sp³-hybridized carbons (Fsp3) is 0.400. The van der Waals surface area contributed by atoms with E-state index in [1.54, 1.807) is 14.0 Å². The number of methoxy groups -OCH3 is 1. The predicted molar refractivity (Wildman–Crippen MR) is 126 cm³/mol. The largest absolute Gasteiger partial charge is 0.497 e. The standard InChI is InChI=1S/C25H30N4O4/c1-4-33-24(31)21-22(18-8-5-7-17(2)15-18)26-25(27-23(21)30)29-13-11-28(12-14-29)19-9-6-10-20(16-19)32-3/h5-10,15-16,21-22H,4,11-14H2,1-3H3,(H,26,27,30)/t21-,22-/m0/s1. The molecule has 0 unspecified atom stereocenters. The summed E-state index contributed by atoms with van der Waals surface area (Å²) in [5.41, 5.74) is 2.98. The molecule has 0 aliphatic carbocycles. The van der Waals surface area contributed by atoms with Gasteiger partial charge < -0.3 is 19.3 Å². The molecule has 8 nitrogen and oxygen atoms in total. The number of aliphatic imine (C=N–C) groups is 1. The summed E-state index contributed by atoms with van der Waals surface area (Å²) in [5, 5.41) is 2.86. The van der Waals surface area contributed by atoms with Gasteiger partial charge in [-0.05, 0) is 31.5 Å². The summed E-state index contributed by atoms with van der Waals surface area (Å²) in [6, 6.07) is 15.1. The number of piperazine rings is 1. The van der Waals surface area contributed by atoms with Crippen LogP contribution < -0.4 is 15.0 Å². The Morgan fingerprint density at radius 1 is 1.09 bits per heavy atom. The summed E-state index contributed by atoms with van der Waals surface area (Å²) in [7, 11) is 1.66. The highest BCUT2D eigenvalue weighted by atomic mass is 16.5. The molecule has 2 atom stereocenters. The van der Waals surface area contributed by atoms with Crippen molar-refractivity contribution >= 4 is 23.5 Å². The maximum atomic E-state index is 13.0. The average Bonchev–Trinajstić information content (AvgIpc) is 2.83. The van der Waals surface area contributed by atoms with Crippen molar-refractivity contribution < 1.29 is 19.1 Å². The number of anilines is 1. The topological polar surface area (TPSA) is 83.5 Å². The second kappa shape index (κ2) is 9.94. The Labute approximate surface area is 194 Å². The second-order valence-electron chi connectivity index (χ2n) is 8.21. The highest BCUT2D eigenvalue weighted by molar-refractivity contribution is 6.08. The van der Waals surface area contributed by atoms with Crippen molar-refractivity contribution in [3.05, 3.63) is 59.7 Å². The molecule has 2 heterocycles. The van der Waals surface area contributed by atoms with Crippen LogP contribution in [0.3, 0.4) is 0 Å². The van der Waals surface area contributed by atoms with Gasteiger partial charge in [0.2, 0.25) is 11.9 Å². The number of guanidine groups is 1. The zero-order chi connectivity index (χ0) is 23.4. The number of carbonyl (C=O) groups is 2. The molecule has 8 heteroatoms. The summed E-state index contributed by atoms with van der Waals surface area (Å²) in [4.78, 5) is 34.9. The van der Waals surface area contributed by atoms with Crippen molar-refractivity contribution in [2.24, 2.45) is 10.9 Å². The number of aryl methyl sites for hydroxylation is 1. The van der Waals surface area contributed by atoms with Gasteiger partial charge in [0.15, 0.2) is 5.92 Å². The lowest BCUT2D eigenvalue weighted by Crippen LogP contribution is -2.57. The van der Waals surface area contributed by atoms with Gasteiger partial charge in [-0.15, -0.1) is 0 Å². The van der Waals surface area contributed by atoms with Crippen LogP contribution in [0.15, 0.2) is 53.5 Å². The van der Waals surface area contributed by atoms with Gasteiger partial charge in [-0.2, -0.15) is 0 Å². The molecule has 2 aromatic rings. The molecule has 1 amide bonds. The maximum Gasteiger partial charge on any atom is 0.321 e. The molecule has 1 N–H and O–H groups in total. The van der Waals surface area contributed by atoms with Crippen LogP contribution in [0.4, 0.5) is 5.69 Å². The Morgan fingerprint density at radius 3 is 2.52 bits per heavy atom. The summed E-state index contributed by atoms with van der Waals surface area (Å²) < 4.78 is 10.5. The summed E-state index contributed by atoms with van der Waals surface area (Å²) in [5.74, 6) is -0.594. The Hall–Kier alpha value is -3.55. The maximum absolute atomic E-state index is 13.0. The van der Waals surface area contributed by atoms with Crippen molar-refractivity contribution in [1.29, 1.82) is 0 Å². The summed E-state index contributed by atoms with van der Waals surface area (Å²) in [6.07, 6.45) is 0. The minimum Gasteiger partial charge on any atom is -0.497 e. The van der Waals surface area contributed by atoms with Crippen LogP contribution in [0.5, 0.6) is 5.75 Å². The minimum absolute atomic E-state index is 0.214. The van der Waals surface area contributed by atoms with E-state index in [-0.39, 0.29) is 12.5 Å². The number of hydrogen-bond donors (Lipinski definition) is 1. The van der Waals surface area contributed by atoms with Gasteiger partial charge >= 0.3 is 5.97 Å². The third-order valence-corrected chi connectivity index (χ3v) is 6.02. The molecule has 0 bridgehead atoms. The van der Waals surface area contributed by atoms with Crippen molar-refractivity contribution in [2.45, 2.75) is 19.9 Å². The lowest BCUT2D eigenvalue weighted by molar-refractivity contribution is -0.153. The molecule has 0 radical (unpaired) electrons. The number of esters is 1. The van der Waals surface area contributed by atoms with Gasteiger partial charge in [0.05, 0.1) is 13.7 Å². The number of rotatable bonds is 5. The van der Waals surface area contributed by atoms with Gasteiger partial charge in [0, 0.05) is 37.9 Å². The molecule has 2 aromatic carbocycles. The molecule has 0 aromatic heterocycles. The van der Waals surface area contributed by atoms with Crippen LogP contribution in [-0.4, -0.2) is 62.6 Å². The van der Waals surface area contributed by atoms with Gasteiger partial charge in [-0.25, -0.2) is 4.99 Å². The summed E-state index contributed by atoms with van der Waals surface area (Å²) >= 11 is 0. The van der Waals surface area contributed by atoms with Crippen LogP contribution in [-0.2, 0) is 14.3 Å². The van der Waals surface area contributed by atoms with E-state index in [4.69, 9.17) is 14.5 Å². The number of nitrogens with one attached hydrogen (secondary N) is 1. The molecule has 2 aliphatic heterocycles. The van der Waals surface area contributed by atoms with E-state index in [0.29, 0.717) is 19.0 Å². The Morgan fingerprint density at radius 2 is 1.82 bits per heavy atom. The lowest BCUT2D eigenvalue weighted by Gasteiger charge is -2.39. The van der Waals surface area contributed by atoms with Gasteiger partial charge in [0.1, 0.15) is 11.8 Å². The Bertz CT molecular complexity index is 1050. The number of benzene rings is 2. The first kappa shape index (κ1) is 22.6. The third-order valence-electron chi connectivity index (χ3n) is 6.02. The number of nitrogens with zero attached hydrogens (tertiary/aromatic N) is 3. The van der Waals surface area contributed by atoms with Crippen LogP contribution in [0.25, 0.3) is 0 Å². The zero-order valence-corrected chi connectivity index (χ0v) is 19.3. The number of hydrogen-bond acceptors (Lipinski definition) is 7. The smallest absolute Gasteiger partial charge is 0.321 e. The Kier molecular flexibility index (Phi) is 6.82. The molecule has 0 saturated carbocycles. The van der Waals surface area contributed by atoms with Crippen molar-refractivity contribution in [1.82, 2.24) is 10.2 Å². The quantitative estimate of drug-likeness (QED) is 0.557. The number of amides is 1. The van der Waals surface area contributed by atoms with Crippen LogP contribution in [0.1, 0.15) is 24.1 Å². The molecule has 174 valence electrons. The first-order valence-electron chi connectivity index (χ1n) is 11.3. The van der Waals surface area contributed by atoms with E-state index >= 15 is 0 Å². The molecule has 1 saturated heterocycles. The number of ether oxygens (including phenoxy) is 2. The first-order chi connectivity index (χ1) is 16.0. The predicted octanol–water partition coefficient (Wildman–Crippen LogP) is 2.53. The minimum atomic E-state index is -1.01. The molecule has 0 spiro atoms. The highest BCUT2D eigenvalue weighted by Crippen LogP contribution is 2.31.